The number of halogens is 2. The van der Waals surface area contributed by atoms with Gasteiger partial charge in [-0.15, -0.1) is 0 Å². The Labute approximate surface area is 126 Å². The second-order valence-electron chi connectivity index (χ2n) is 3.90. The van der Waals surface area contributed by atoms with E-state index in [0.29, 0.717) is 21.6 Å². The molecule has 0 saturated heterocycles. The number of hydrogen-bond acceptors (Lipinski definition) is 4. The van der Waals surface area contributed by atoms with Crippen LogP contribution in [0.1, 0.15) is 19.1 Å². The largest absolute Gasteiger partial charge is 0.468 e. The van der Waals surface area contributed by atoms with Gasteiger partial charge in [0.2, 0.25) is 0 Å². The van der Waals surface area contributed by atoms with Crippen molar-refractivity contribution < 1.29 is 4.42 Å². The van der Waals surface area contributed by atoms with Crippen LogP contribution in [0.5, 0.6) is 0 Å². The molecule has 0 fully saturated rings. The molecule has 0 amide bonds. The van der Waals surface area contributed by atoms with E-state index < -0.39 is 0 Å². The maximum absolute atomic E-state index is 6.15. The predicted molar refractivity (Wildman–Crippen MR) is 81.3 cm³/mol. The van der Waals surface area contributed by atoms with Gasteiger partial charge in [-0.1, -0.05) is 41.9 Å². The molecule has 2 aromatic heterocycles. The first-order chi connectivity index (χ1) is 9.20. The van der Waals surface area contributed by atoms with Gasteiger partial charge in [-0.25, -0.2) is 4.98 Å². The lowest BCUT2D eigenvalue weighted by molar-refractivity contribution is 0.530. The molecule has 0 spiro atoms. The first kappa shape index (κ1) is 14.6. The van der Waals surface area contributed by atoms with Gasteiger partial charge in [0.1, 0.15) is 16.6 Å². The summed E-state index contributed by atoms with van der Waals surface area (Å²) in [5, 5.41) is 5.04. The van der Waals surface area contributed by atoms with Crippen molar-refractivity contribution in [3.05, 3.63) is 40.3 Å². The number of rotatable bonds is 6. The van der Waals surface area contributed by atoms with Crippen LogP contribution in [0.4, 0.5) is 5.82 Å². The Hall–Kier alpha value is -0.840. The summed E-state index contributed by atoms with van der Waals surface area (Å²) in [7, 11) is 0. The molecule has 102 valence electrons. The number of pyridine rings is 1. The molecule has 0 bridgehead atoms. The van der Waals surface area contributed by atoms with Crippen LogP contribution in [0.2, 0.25) is 10.0 Å². The molecule has 0 saturated carbocycles. The number of anilines is 1. The van der Waals surface area contributed by atoms with Gasteiger partial charge < -0.3 is 9.73 Å². The van der Waals surface area contributed by atoms with Crippen molar-refractivity contribution in [1.82, 2.24) is 4.98 Å². The van der Waals surface area contributed by atoms with Crippen LogP contribution in [0.3, 0.4) is 0 Å². The lowest BCUT2D eigenvalue weighted by atomic mass is 10.4. The molecular weight excluding hydrogens is 303 g/mol. The third kappa shape index (κ3) is 4.06. The lowest BCUT2D eigenvalue weighted by Gasteiger charge is -2.09. The second-order valence-corrected chi connectivity index (χ2v) is 5.68. The van der Waals surface area contributed by atoms with Gasteiger partial charge >= 0.3 is 0 Å². The fraction of sp³-hybridized carbons (Fsp3) is 0.308. The van der Waals surface area contributed by atoms with Crippen molar-refractivity contribution in [3.63, 3.8) is 0 Å². The zero-order chi connectivity index (χ0) is 13.7. The van der Waals surface area contributed by atoms with E-state index in [1.54, 1.807) is 12.3 Å². The molecular formula is C13H14Cl2N2OS. The highest BCUT2D eigenvalue weighted by atomic mass is 35.5. The number of aromatic nitrogens is 1. The molecule has 0 atom stereocenters. The topological polar surface area (TPSA) is 38.1 Å². The summed E-state index contributed by atoms with van der Waals surface area (Å²) in [6.45, 7) is 2.92. The Balaban J connectivity index is 2.10. The quantitative estimate of drug-likeness (QED) is 0.753. The molecule has 0 radical (unpaired) electrons. The number of hydrogen-bond donors (Lipinski definition) is 1. The highest BCUT2D eigenvalue weighted by Crippen LogP contribution is 2.33. The van der Waals surface area contributed by atoms with Gasteiger partial charge in [0.05, 0.1) is 22.1 Å². The standard InChI is InChI=1S/C13H14Cl2N2OS/c1-2-5-16-12-10(14)7-11(15)13(17-12)19-8-9-4-3-6-18-9/h3-4,6-7H,2,5,8H2,1H3,(H,16,17). The van der Waals surface area contributed by atoms with E-state index >= 15 is 0 Å². The minimum atomic E-state index is 0.542. The number of furan rings is 1. The maximum Gasteiger partial charge on any atom is 0.146 e. The molecule has 0 aliphatic heterocycles. The summed E-state index contributed by atoms with van der Waals surface area (Å²) in [4.78, 5) is 4.46. The molecule has 0 aliphatic rings. The predicted octanol–water partition coefficient (Wildman–Crippen LogP) is 5.10. The van der Waals surface area contributed by atoms with E-state index in [9.17, 15) is 0 Å². The number of nitrogens with one attached hydrogen (secondary N) is 1. The van der Waals surface area contributed by atoms with Gasteiger partial charge in [0.15, 0.2) is 0 Å². The number of thioether (sulfide) groups is 1. The smallest absolute Gasteiger partial charge is 0.146 e. The summed E-state index contributed by atoms with van der Waals surface area (Å²) < 4.78 is 5.28. The normalized spacial score (nSPS) is 10.7. The number of nitrogens with zero attached hydrogens (tertiary/aromatic N) is 1. The average Bonchev–Trinajstić information content (AvgIpc) is 2.90. The van der Waals surface area contributed by atoms with Gasteiger partial charge in [-0.05, 0) is 24.6 Å². The Morgan fingerprint density at radius 3 is 2.89 bits per heavy atom. The molecule has 3 nitrogen and oxygen atoms in total. The van der Waals surface area contributed by atoms with Crippen molar-refractivity contribution in [2.45, 2.75) is 24.1 Å². The molecule has 6 heteroatoms. The molecule has 0 aliphatic carbocycles. The van der Waals surface area contributed by atoms with E-state index in [2.05, 4.69) is 17.2 Å². The SMILES string of the molecule is CCCNc1nc(SCc2ccco2)c(Cl)cc1Cl. The van der Waals surface area contributed by atoms with E-state index in [1.807, 2.05) is 12.1 Å². The molecule has 1 N–H and O–H groups in total. The highest BCUT2D eigenvalue weighted by molar-refractivity contribution is 7.98. The van der Waals surface area contributed by atoms with E-state index in [0.717, 1.165) is 23.8 Å². The van der Waals surface area contributed by atoms with Crippen LogP contribution in [0.25, 0.3) is 0 Å². The van der Waals surface area contributed by atoms with E-state index in [-0.39, 0.29) is 0 Å². The van der Waals surface area contributed by atoms with Gasteiger partial charge in [-0.2, -0.15) is 0 Å². The zero-order valence-electron chi connectivity index (χ0n) is 10.5. The summed E-state index contributed by atoms with van der Waals surface area (Å²) in [5.74, 6) is 2.25. The molecule has 2 rings (SSSR count). The van der Waals surface area contributed by atoms with Crippen molar-refractivity contribution in [3.8, 4) is 0 Å². The van der Waals surface area contributed by atoms with Gasteiger partial charge in [0.25, 0.3) is 0 Å². The van der Waals surface area contributed by atoms with Crippen molar-refractivity contribution in [2.75, 3.05) is 11.9 Å². The average molecular weight is 317 g/mol. The minimum Gasteiger partial charge on any atom is -0.468 e. The lowest BCUT2D eigenvalue weighted by Crippen LogP contribution is -2.03. The van der Waals surface area contributed by atoms with Crippen LogP contribution in [-0.2, 0) is 5.75 Å². The second kappa shape index (κ2) is 7.08. The Morgan fingerprint density at radius 1 is 1.37 bits per heavy atom. The first-order valence-corrected chi connectivity index (χ1v) is 7.70. The molecule has 2 aromatic rings. The van der Waals surface area contributed by atoms with Crippen LogP contribution in [-0.4, -0.2) is 11.5 Å². The van der Waals surface area contributed by atoms with Crippen molar-refractivity contribution >= 4 is 40.8 Å². The summed E-state index contributed by atoms with van der Waals surface area (Å²) in [5.41, 5.74) is 0. The van der Waals surface area contributed by atoms with Gasteiger partial charge in [-0.3, -0.25) is 0 Å². The van der Waals surface area contributed by atoms with Crippen LogP contribution in [0.15, 0.2) is 33.9 Å². The van der Waals surface area contributed by atoms with Crippen molar-refractivity contribution in [2.24, 2.45) is 0 Å². The fourth-order valence-corrected chi connectivity index (χ4v) is 2.84. The molecule has 0 aromatic carbocycles. The third-order valence-corrected chi connectivity index (χ3v) is 4.07. The first-order valence-electron chi connectivity index (χ1n) is 5.95. The van der Waals surface area contributed by atoms with Crippen LogP contribution >= 0.6 is 35.0 Å². The summed E-state index contributed by atoms with van der Waals surface area (Å²) in [6.07, 6.45) is 2.66. The van der Waals surface area contributed by atoms with E-state index in [1.165, 1.54) is 11.8 Å². The Morgan fingerprint density at radius 2 is 2.21 bits per heavy atom. The Bertz CT molecular complexity index is 532. The minimum absolute atomic E-state index is 0.542. The third-order valence-electron chi connectivity index (χ3n) is 2.37. The zero-order valence-corrected chi connectivity index (χ0v) is 12.8. The Kier molecular flexibility index (Phi) is 5.43. The highest BCUT2D eigenvalue weighted by Gasteiger charge is 2.10. The summed E-state index contributed by atoms with van der Waals surface area (Å²) >= 11 is 13.8. The monoisotopic (exact) mass is 316 g/mol. The van der Waals surface area contributed by atoms with Crippen LogP contribution in [0, 0.1) is 0 Å². The summed E-state index contributed by atoms with van der Waals surface area (Å²) in [6, 6.07) is 5.51. The molecule has 0 unspecified atom stereocenters. The molecule has 19 heavy (non-hydrogen) atoms. The fourth-order valence-electron chi connectivity index (χ4n) is 1.45. The van der Waals surface area contributed by atoms with Crippen molar-refractivity contribution in [1.29, 1.82) is 0 Å². The van der Waals surface area contributed by atoms with Gasteiger partial charge in [0, 0.05) is 6.54 Å². The molecule has 2 heterocycles. The van der Waals surface area contributed by atoms with Crippen LogP contribution < -0.4 is 5.32 Å². The van der Waals surface area contributed by atoms with E-state index in [4.69, 9.17) is 27.6 Å². The maximum atomic E-state index is 6.15.